The summed E-state index contributed by atoms with van der Waals surface area (Å²) in [6, 6.07) is 5.80. The first kappa shape index (κ1) is 11.5. The number of furan rings is 1. The molecule has 2 unspecified atom stereocenters. The van der Waals surface area contributed by atoms with Gasteiger partial charge in [-0.3, -0.25) is 10.5 Å². The maximum Gasteiger partial charge on any atom is 0.243 e. The van der Waals surface area contributed by atoms with Gasteiger partial charge in [-0.1, -0.05) is 0 Å². The zero-order valence-corrected chi connectivity index (χ0v) is 10.5. The maximum atomic E-state index is 9.31. The molecule has 19 heavy (non-hydrogen) atoms. The molecule has 96 valence electrons. The van der Waals surface area contributed by atoms with Crippen molar-refractivity contribution in [3.05, 3.63) is 34.9 Å². The molecule has 2 aromatic heterocycles. The number of hydrogen-bond donors (Lipinski definition) is 2. The monoisotopic (exact) mass is 256 g/mol. The average molecular weight is 256 g/mol. The molecule has 2 aromatic rings. The molecule has 0 bridgehead atoms. The Morgan fingerprint density at radius 2 is 2.21 bits per heavy atom. The van der Waals surface area contributed by atoms with Crippen LogP contribution < -0.4 is 4.74 Å². The fraction of sp³-hybridized carbons (Fsp3) is 0.308. The van der Waals surface area contributed by atoms with E-state index >= 15 is 0 Å². The van der Waals surface area contributed by atoms with E-state index in [-0.39, 0.29) is 11.8 Å². The normalized spacial score (nSPS) is 21.6. The van der Waals surface area contributed by atoms with Gasteiger partial charge in [0.15, 0.2) is 0 Å². The molecule has 0 aromatic carbocycles. The number of ether oxygens (including phenoxy) is 1. The van der Waals surface area contributed by atoms with Crippen molar-refractivity contribution in [3.63, 3.8) is 0 Å². The van der Waals surface area contributed by atoms with Crippen molar-refractivity contribution in [1.29, 1.82) is 10.7 Å². The molecule has 1 aliphatic heterocycles. The highest BCUT2D eigenvalue weighted by atomic mass is 16.5. The van der Waals surface area contributed by atoms with Crippen LogP contribution in [0.4, 0.5) is 0 Å². The topological polar surface area (TPSA) is 98.7 Å². The van der Waals surface area contributed by atoms with Crippen molar-refractivity contribution in [2.45, 2.75) is 19.8 Å². The summed E-state index contributed by atoms with van der Waals surface area (Å²) in [5.74, 6) is 0.631. The number of aromatic amines is 1. The number of aryl methyl sites for hydroxylation is 2. The Kier molecular flexibility index (Phi) is 2.42. The van der Waals surface area contributed by atoms with E-state index in [1.165, 1.54) is 0 Å². The molecule has 0 saturated carbocycles. The first-order valence-corrected chi connectivity index (χ1v) is 5.89. The summed E-state index contributed by atoms with van der Waals surface area (Å²) in [5, 5.41) is 24.0. The van der Waals surface area contributed by atoms with Crippen LogP contribution in [0.2, 0.25) is 0 Å². The van der Waals surface area contributed by atoms with E-state index in [4.69, 9.17) is 14.6 Å². The largest absolute Gasteiger partial charge is 0.466 e. The highest BCUT2D eigenvalue weighted by Gasteiger charge is 2.41. The van der Waals surface area contributed by atoms with Crippen LogP contribution in [-0.2, 0) is 0 Å². The van der Waals surface area contributed by atoms with Gasteiger partial charge < -0.3 is 9.15 Å². The van der Waals surface area contributed by atoms with Crippen LogP contribution in [0, 0.1) is 36.5 Å². The summed E-state index contributed by atoms with van der Waals surface area (Å²) in [6.07, 6.45) is 0. The maximum absolute atomic E-state index is 9.31. The van der Waals surface area contributed by atoms with E-state index in [9.17, 15) is 5.26 Å². The smallest absolute Gasteiger partial charge is 0.243 e. The van der Waals surface area contributed by atoms with E-state index in [0.29, 0.717) is 11.6 Å². The predicted molar refractivity (Wildman–Crippen MR) is 66.1 cm³/mol. The van der Waals surface area contributed by atoms with E-state index in [1.54, 1.807) is 0 Å². The molecule has 0 spiro atoms. The molecule has 0 fully saturated rings. The van der Waals surface area contributed by atoms with Crippen LogP contribution in [0.3, 0.4) is 0 Å². The van der Waals surface area contributed by atoms with Crippen molar-refractivity contribution in [1.82, 2.24) is 10.2 Å². The molecule has 0 radical (unpaired) electrons. The molecule has 6 heteroatoms. The van der Waals surface area contributed by atoms with E-state index in [1.807, 2.05) is 26.0 Å². The van der Waals surface area contributed by atoms with Crippen LogP contribution >= 0.6 is 0 Å². The first-order valence-electron chi connectivity index (χ1n) is 5.89. The molecular formula is C13H12N4O2. The molecule has 0 aliphatic carbocycles. The average Bonchev–Trinajstić information content (AvgIpc) is 2.95. The van der Waals surface area contributed by atoms with Crippen LogP contribution in [0.5, 0.6) is 5.88 Å². The lowest BCUT2D eigenvalue weighted by Gasteiger charge is -2.25. The van der Waals surface area contributed by atoms with Gasteiger partial charge in [0.2, 0.25) is 11.8 Å². The molecule has 2 N–H and O–H groups in total. The second-order valence-corrected chi connectivity index (χ2v) is 4.57. The third kappa shape index (κ3) is 1.63. The van der Waals surface area contributed by atoms with Gasteiger partial charge in [0.25, 0.3) is 0 Å². The Hall–Kier alpha value is -2.55. The quantitative estimate of drug-likeness (QED) is 0.817. The van der Waals surface area contributed by atoms with Gasteiger partial charge in [-0.2, -0.15) is 5.26 Å². The molecule has 6 nitrogen and oxygen atoms in total. The fourth-order valence-electron chi connectivity index (χ4n) is 2.41. The zero-order valence-electron chi connectivity index (χ0n) is 10.5. The Labute approximate surface area is 109 Å². The minimum Gasteiger partial charge on any atom is -0.466 e. The molecule has 3 heterocycles. The second kappa shape index (κ2) is 3.99. The highest BCUT2D eigenvalue weighted by molar-refractivity contribution is 5.84. The Balaban J connectivity index is 2.20. The van der Waals surface area contributed by atoms with Gasteiger partial charge in [0.05, 0.1) is 12.0 Å². The second-order valence-electron chi connectivity index (χ2n) is 4.57. The number of aromatic nitrogens is 2. The predicted octanol–water partition coefficient (Wildman–Crippen LogP) is 2.26. The minimum absolute atomic E-state index is 0.0967. The molecule has 3 rings (SSSR count). The van der Waals surface area contributed by atoms with E-state index in [2.05, 4.69) is 16.3 Å². The van der Waals surface area contributed by atoms with E-state index in [0.717, 1.165) is 17.0 Å². The number of hydrogen-bond acceptors (Lipinski definition) is 5. The molecule has 1 aliphatic rings. The molecule has 0 amide bonds. The Bertz CT molecular complexity index is 692. The summed E-state index contributed by atoms with van der Waals surface area (Å²) >= 11 is 0. The third-order valence-corrected chi connectivity index (χ3v) is 3.30. The van der Waals surface area contributed by atoms with E-state index < -0.39 is 5.92 Å². The van der Waals surface area contributed by atoms with Gasteiger partial charge >= 0.3 is 0 Å². The SMILES string of the molecule is Cc1ccc(C2c3c(n[nH]c3C)OC(=N)C2C#N)o1. The fourth-order valence-corrected chi connectivity index (χ4v) is 2.41. The van der Waals surface area contributed by atoms with Gasteiger partial charge in [-0.05, 0) is 26.0 Å². The summed E-state index contributed by atoms with van der Waals surface area (Å²) < 4.78 is 10.9. The number of rotatable bonds is 1. The van der Waals surface area contributed by atoms with Crippen LogP contribution in [-0.4, -0.2) is 16.1 Å². The summed E-state index contributed by atoms with van der Waals surface area (Å²) in [7, 11) is 0. The summed E-state index contributed by atoms with van der Waals surface area (Å²) in [4.78, 5) is 0. The Morgan fingerprint density at radius 3 is 2.84 bits per heavy atom. The standard InChI is InChI=1S/C13H12N4O2/c1-6-3-4-9(18-6)11-8(5-14)12(15)19-13-10(11)7(2)16-17-13/h3-4,8,11,15H,1-2H3,(H,16,17). The van der Waals surface area contributed by atoms with Gasteiger partial charge in [0.1, 0.15) is 17.4 Å². The lowest BCUT2D eigenvalue weighted by molar-refractivity contribution is 0.392. The summed E-state index contributed by atoms with van der Waals surface area (Å²) in [5.41, 5.74) is 1.61. The van der Waals surface area contributed by atoms with Crippen molar-refractivity contribution in [3.8, 4) is 11.9 Å². The number of nitrogens with one attached hydrogen (secondary N) is 2. The Morgan fingerprint density at radius 1 is 1.42 bits per heavy atom. The molecular weight excluding hydrogens is 244 g/mol. The third-order valence-electron chi connectivity index (χ3n) is 3.30. The van der Waals surface area contributed by atoms with Crippen LogP contribution in [0.25, 0.3) is 0 Å². The molecule has 2 atom stereocenters. The number of nitriles is 1. The zero-order chi connectivity index (χ0) is 13.6. The van der Waals surface area contributed by atoms with Crippen LogP contribution in [0.15, 0.2) is 16.5 Å². The van der Waals surface area contributed by atoms with Crippen molar-refractivity contribution < 1.29 is 9.15 Å². The van der Waals surface area contributed by atoms with Crippen molar-refractivity contribution in [2.75, 3.05) is 0 Å². The van der Waals surface area contributed by atoms with Crippen molar-refractivity contribution >= 4 is 5.90 Å². The lowest BCUT2D eigenvalue weighted by atomic mass is 9.83. The van der Waals surface area contributed by atoms with Gasteiger partial charge in [0, 0.05) is 11.3 Å². The lowest BCUT2D eigenvalue weighted by Crippen LogP contribution is -2.30. The number of H-pyrrole nitrogens is 1. The minimum atomic E-state index is -0.700. The van der Waals surface area contributed by atoms with Gasteiger partial charge in [-0.15, -0.1) is 5.10 Å². The summed E-state index contributed by atoms with van der Waals surface area (Å²) in [6.45, 7) is 3.71. The first-order chi connectivity index (χ1) is 9.11. The number of nitrogens with zero attached hydrogens (tertiary/aromatic N) is 2. The molecule has 0 saturated heterocycles. The van der Waals surface area contributed by atoms with Crippen molar-refractivity contribution in [2.24, 2.45) is 5.92 Å². The highest BCUT2D eigenvalue weighted by Crippen LogP contribution is 2.42. The van der Waals surface area contributed by atoms with Gasteiger partial charge in [-0.25, -0.2) is 0 Å². The number of fused-ring (bicyclic) bond motifs is 1. The van der Waals surface area contributed by atoms with Crippen LogP contribution in [0.1, 0.15) is 28.7 Å².